The van der Waals surface area contributed by atoms with E-state index in [1.165, 1.54) is 0 Å². The van der Waals surface area contributed by atoms with Crippen LogP contribution in [0, 0.1) is 5.92 Å². The van der Waals surface area contributed by atoms with Crippen molar-refractivity contribution in [1.82, 2.24) is 9.55 Å². The van der Waals surface area contributed by atoms with E-state index in [0.717, 1.165) is 36.2 Å². The fourth-order valence-corrected chi connectivity index (χ4v) is 2.86. The van der Waals surface area contributed by atoms with Crippen LogP contribution in [0.4, 0.5) is 4.39 Å². The summed E-state index contributed by atoms with van der Waals surface area (Å²) in [5.74, 6) is 0.950. The maximum atomic E-state index is 14.9. The van der Waals surface area contributed by atoms with Gasteiger partial charge >= 0.3 is 0 Å². The molecule has 19 heavy (non-hydrogen) atoms. The predicted molar refractivity (Wildman–Crippen MR) is 74.7 cm³/mol. The quantitative estimate of drug-likeness (QED) is 0.899. The molecule has 1 aromatic heterocycles. The molecule has 0 spiro atoms. The zero-order valence-corrected chi connectivity index (χ0v) is 11.3. The molecule has 0 saturated heterocycles. The van der Waals surface area contributed by atoms with Gasteiger partial charge in [-0.2, -0.15) is 0 Å². The Kier molecular flexibility index (Phi) is 3.05. The van der Waals surface area contributed by atoms with E-state index >= 15 is 0 Å². The fraction of sp³-hybridized carbons (Fsp3) is 0.533. The second-order valence-corrected chi connectivity index (χ2v) is 5.45. The minimum atomic E-state index is -1.28. The lowest BCUT2D eigenvalue weighted by Crippen LogP contribution is -2.38. The number of halogens is 1. The van der Waals surface area contributed by atoms with Gasteiger partial charge in [0.15, 0.2) is 0 Å². The summed E-state index contributed by atoms with van der Waals surface area (Å²) in [6, 6.07) is 7.97. The van der Waals surface area contributed by atoms with Crippen LogP contribution >= 0.6 is 0 Å². The minimum absolute atomic E-state index is 0.0879. The van der Waals surface area contributed by atoms with E-state index in [-0.39, 0.29) is 12.5 Å². The lowest BCUT2D eigenvalue weighted by Gasteiger charge is -2.23. The molecule has 1 heterocycles. The van der Waals surface area contributed by atoms with Gasteiger partial charge in [0, 0.05) is 19.5 Å². The standard InChI is InChI=1S/C15H20FN3/c1-2-19-13-6-4-3-5-12(13)18-14(19)9-15(16,10-17)11-7-8-11/h3-6,11H,2,7-10,17H2,1H3. The Bertz CT molecular complexity index is 588. The molecule has 0 radical (unpaired) electrons. The highest BCUT2D eigenvalue weighted by Gasteiger charge is 2.45. The molecule has 4 heteroatoms. The summed E-state index contributed by atoms with van der Waals surface area (Å²) >= 11 is 0. The molecule has 1 fully saturated rings. The van der Waals surface area contributed by atoms with Crippen LogP contribution in [0.1, 0.15) is 25.6 Å². The van der Waals surface area contributed by atoms with E-state index in [0.29, 0.717) is 6.42 Å². The molecule has 102 valence electrons. The largest absolute Gasteiger partial charge is 0.328 e. The molecule has 3 rings (SSSR count). The smallest absolute Gasteiger partial charge is 0.133 e. The summed E-state index contributed by atoms with van der Waals surface area (Å²) < 4.78 is 17.0. The van der Waals surface area contributed by atoms with E-state index in [4.69, 9.17) is 5.73 Å². The molecular formula is C15H20FN3. The highest BCUT2D eigenvalue weighted by Crippen LogP contribution is 2.43. The van der Waals surface area contributed by atoms with Crippen LogP contribution in [0.2, 0.25) is 0 Å². The molecular weight excluding hydrogens is 241 g/mol. The summed E-state index contributed by atoms with van der Waals surface area (Å²) in [4.78, 5) is 4.59. The zero-order chi connectivity index (χ0) is 13.5. The van der Waals surface area contributed by atoms with Gasteiger partial charge in [0.1, 0.15) is 11.5 Å². The average Bonchev–Trinajstić information content (AvgIpc) is 3.21. The topological polar surface area (TPSA) is 43.8 Å². The second kappa shape index (κ2) is 4.60. The summed E-state index contributed by atoms with van der Waals surface area (Å²) in [7, 11) is 0. The maximum Gasteiger partial charge on any atom is 0.133 e. The average molecular weight is 261 g/mol. The molecule has 3 nitrogen and oxygen atoms in total. The molecule has 1 unspecified atom stereocenters. The number of para-hydroxylation sites is 2. The first-order valence-electron chi connectivity index (χ1n) is 7.01. The lowest BCUT2D eigenvalue weighted by atomic mass is 9.95. The van der Waals surface area contributed by atoms with E-state index in [1.54, 1.807) is 0 Å². The summed E-state index contributed by atoms with van der Waals surface area (Å²) in [5.41, 5.74) is 6.40. The van der Waals surface area contributed by atoms with Crippen LogP contribution in [0.15, 0.2) is 24.3 Å². The number of hydrogen-bond acceptors (Lipinski definition) is 2. The first-order chi connectivity index (χ1) is 9.18. The van der Waals surface area contributed by atoms with Gasteiger partial charge in [0.25, 0.3) is 0 Å². The molecule has 1 aromatic carbocycles. The normalized spacial score (nSPS) is 18.7. The lowest BCUT2D eigenvalue weighted by molar-refractivity contribution is 0.138. The monoisotopic (exact) mass is 261 g/mol. The molecule has 0 amide bonds. The fourth-order valence-electron chi connectivity index (χ4n) is 2.86. The zero-order valence-electron chi connectivity index (χ0n) is 11.3. The number of hydrogen-bond donors (Lipinski definition) is 1. The third-order valence-corrected chi connectivity index (χ3v) is 4.15. The van der Waals surface area contributed by atoms with E-state index < -0.39 is 5.67 Å². The van der Waals surface area contributed by atoms with Crippen LogP contribution in [0.5, 0.6) is 0 Å². The van der Waals surface area contributed by atoms with Crippen molar-refractivity contribution < 1.29 is 4.39 Å². The minimum Gasteiger partial charge on any atom is -0.328 e. The van der Waals surface area contributed by atoms with Crippen LogP contribution in [0.3, 0.4) is 0 Å². The van der Waals surface area contributed by atoms with Gasteiger partial charge in [-0.3, -0.25) is 0 Å². The highest BCUT2D eigenvalue weighted by atomic mass is 19.1. The van der Waals surface area contributed by atoms with E-state index in [2.05, 4.69) is 16.5 Å². The van der Waals surface area contributed by atoms with Gasteiger partial charge in [0.05, 0.1) is 11.0 Å². The van der Waals surface area contributed by atoms with Crippen molar-refractivity contribution >= 4 is 11.0 Å². The first-order valence-corrected chi connectivity index (χ1v) is 7.01. The van der Waals surface area contributed by atoms with Crippen LogP contribution in [-0.4, -0.2) is 21.8 Å². The van der Waals surface area contributed by atoms with Crippen LogP contribution in [0.25, 0.3) is 11.0 Å². The Hall–Kier alpha value is -1.42. The van der Waals surface area contributed by atoms with Gasteiger partial charge in [-0.25, -0.2) is 9.37 Å². The molecule has 1 saturated carbocycles. The van der Waals surface area contributed by atoms with Gasteiger partial charge in [0.2, 0.25) is 0 Å². The molecule has 2 N–H and O–H groups in total. The number of rotatable bonds is 5. The SMILES string of the molecule is CCn1c(CC(F)(CN)C2CC2)nc2ccccc21. The predicted octanol–water partition coefficient (Wildman–Crippen LogP) is 2.68. The number of aromatic nitrogens is 2. The first kappa shape index (κ1) is 12.6. The summed E-state index contributed by atoms with van der Waals surface area (Å²) in [5, 5.41) is 0. The van der Waals surface area contributed by atoms with Gasteiger partial charge in [-0.15, -0.1) is 0 Å². The van der Waals surface area contributed by atoms with Crippen molar-refractivity contribution in [3.8, 4) is 0 Å². The highest BCUT2D eigenvalue weighted by molar-refractivity contribution is 5.75. The van der Waals surface area contributed by atoms with Gasteiger partial charge in [-0.05, 0) is 37.8 Å². The summed E-state index contributed by atoms with van der Waals surface area (Å²) in [6.07, 6.45) is 2.25. The van der Waals surface area contributed by atoms with Crippen LogP contribution in [-0.2, 0) is 13.0 Å². The molecule has 1 atom stereocenters. The Balaban J connectivity index is 2.00. The molecule has 1 aliphatic carbocycles. The van der Waals surface area contributed by atoms with E-state index in [9.17, 15) is 4.39 Å². The molecule has 0 bridgehead atoms. The van der Waals surface area contributed by atoms with Crippen molar-refractivity contribution in [2.45, 2.75) is 38.4 Å². The Morgan fingerprint density at radius 2 is 2.16 bits per heavy atom. The maximum absolute atomic E-state index is 14.9. The van der Waals surface area contributed by atoms with Crippen molar-refractivity contribution in [3.05, 3.63) is 30.1 Å². The number of imidazole rings is 1. The number of benzene rings is 1. The Labute approximate surface area is 112 Å². The number of fused-ring (bicyclic) bond motifs is 1. The third-order valence-electron chi connectivity index (χ3n) is 4.15. The van der Waals surface area contributed by atoms with Crippen molar-refractivity contribution in [2.75, 3.05) is 6.54 Å². The van der Waals surface area contributed by atoms with Crippen molar-refractivity contribution in [3.63, 3.8) is 0 Å². The van der Waals surface area contributed by atoms with Crippen LogP contribution < -0.4 is 5.73 Å². The number of nitrogens with two attached hydrogens (primary N) is 1. The van der Waals surface area contributed by atoms with E-state index in [1.807, 2.05) is 24.3 Å². The Morgan fingerprint density at radius 3 is 2.79 bits per heavy atom. The number of nitrogens with zero attached hydrogens (tertiary/aromatic N) is 2. The van der Waals surface area contributed by atoms with Gasteiger partial charge in [-0.1, -0.05) is 12.1 Å². The second-order valence-electron chi connectivity index (χ2n) is 5.45. The van der Waals surface area contributed by atoms with Crippen molar-refractivity contribution in [1.29, 1.82) is 0 Å². The number of aryl methyl sites for hydroxylation is 1. The summed E-state index contributed by atoms with van der Waals surface area (Å²) in [6.45, 7) is 2.96. The third kappa shape index (κ3) is 2.14. The molecule has 0 aliphatic heterocycles. The molecule has 2 aromatic rings. The van der Waals surface area contributed by atoms with Gasteiger partial charge < -0.3 is 10.3 Å². The molecule has 1 aliphatic rings. The Morgan fingerprint density at radius 1 is 1.42 bits per heavy atom. The number of alkyl halides is 1. The van der Waals surface area contributed by atoms with Crippen molar-refractivity contribution in [2.24, 2.45) is 11.7 Å².